The third-order valence-electron chi connectivity index (χ3n) is 6.70. The fourth-order valence-corrected chi connectivity index (χ4v) is 4.88. The Morgan fingerprint density at radius 3 is 2.90 bits per heavy atom. The van der Waals surface area contributed by atoms with Gasteiger partial charge in [-0.1, -0.05) is 0 Å². The summed E-state index contributed by atoms with van der Waals surface area (Å²) in [6, 6.07) is 2.62. The molecule has 0 unspecified atom stereocenters. The second-order valence-corrected chi connectivity index (χ2v) is 9.00. The number of carbonyl (C=O) groups is 1. The van der Waals surface area contributed by atoms with Crippen LogP contribution in [0.1, 0.15) is 74.0 Å². The molecule has 1 aliphatic heterocycles. The number of morpholine rings is 1. The summed E-state index contributed by atoms with van der Waals surface area (Å²) in [7, 11) is 1.77. The maximum atomic E-state index is 13.3. The van der Waals surface area contributed by atoms with Gasteiger partial charge in [0.2, 0.25) is 0 Å². The first-order valence-corrected chi connectivity index (χ1v) is 11.8. The lowest BCUT2D eigenvalue weighted by Gasteiger charge is -2.34. The van der Waals surface area contributed by atoms with Gasteiger partial charge in [-0.2, -0.15) is 0 Å². The van der Waals surface area contributed by atoms with Gasteiger partial charge in [-0.05, 0) is 81.9 Å². The Kier molecular flexibility index (Phi) is 7.39. The lowest BCUT2D eigenvalue weighted by Crippen LogP contribution is -2.50. The number of hydrogen-bond acceptors (Lipinski definition) is 5. The van der Waals surface area contributed by atoms with Crippen molar-refractivity contribution in [1.82, 2.24) is 15.2 Å². The van der Waals surface area contributed by atoms with Gasteiger partial charge in [0.15, 0.2) is 0 Å². The molecule has 2 heterocycles. The Balaban J connectivity index is 1.56. The van der Waals surface area contributed by atoms with Gasteiger partial charge in [0.25, 0.3) is 5.91 Å². The summed E-state index contributed by atoms with van der Waals surface area (Å²) in [5.41, 5.74) is 5.24. The van der Waals surface area contributed by atoms with E-state index in [0.717, 1.165) is 63.8 Å². The summed E-state index contributed by atoms with van der Waals surface area (Å²) in [4.78, 5) is 20.5. The van der Waals surface area contributed by atoms with Crippen molar-refractivity contribution < 1.29 is 14.3 Å². The Bertz CT molecular complexity index is 729. The lowest BCUT2D eigenvalue weighted by atomic mass is 9.89. The molecule has 30 heavy (non-hydrogen) atoms. The summed E-state index contributed by atoms with van der Waals surface area (Å²) >= 11 is 0. The highest BCUT2D eigenvalue weighted by Crippen LogP contribution is 2.36. The summed E-state index contributed by atoms with van der Waals surface area (Å²) in [5.74, 6) is 0.123. The molecule has 6 heteroatoms. The van der Waals surface area contributed by atoms with Crippen LogP contribution in [0, 0.1) is 0 Å². The molecule has 0 radical (unpaired) electrons. The number of aromatic nitrogens is 1. The van der Waals surface area contributed by atoms with E-state index in [1.165, 1.54) is 29.7 Å². The maximum absolute atomic E-state index is 13.3. The molecule has 1 N–H and O–H groups in total. The van der Waals surface area contributed by atoms with Gasteiger partial charge in [0, 0.05) is 38.5 Å². The van der Waals surface area contributed by atoms with Crippen molar-refractivity contribution in [2.24, 2.45) is 0 Å². The van der Waals surface area contributed by atoms with Crippen LogP contribution in [0.5, 0.6) is 0 Å². The topological polar surface area (TPSA) is 63.7 Å². The fraction of sp³-hybridized carbons (Fsp3) is 0.750. The molecule has 1 aromatic rings. The van der Waals surface area contributed by atoms with Crippen LogP contribution in [-0.2, 0) is 33.5 Å². The summed E-state index contributed by atoms with van der Waals surface area (Å²) in [5, 5.41) is 3.29. The van der Waals surface area contributed by atoms with Gasteiger partial charge in [-0.15, -0.1) is 0 Å². The number of carbonyl (C=O) groups excluding carboxylic acids is 1. The monoisotopic (exact) mass is 415 g/mol. The zero-order valence-electron chi connectivity index (χ0n) is 18.6. The molecule has 2 atom stereocenters. The number of pyridine rings is 1. The molecular formula is C24H37N3O3. The van der Waals surface area contributed by atoms with E-state index in [1.54, 1.807) is 7.11 Å². The van der Waals surface area contributed by atoms with E-state index in [9.17, 15) is 4.79 Å². The van der Waals surface area contributed by atoms with E-state index in [1.807, 2.05) is 0 Å². The number of nitrogens with one attached hydrogen (secondary N) is 1. The predicted molar refractivity (Wildman–Crippen MR) is 117 cm³/mol. The zero-order chi connectivity index (χ0) is 20.9. The number of ether oxygens (including phenoxy) is 2. The van der Waals surface area contributed by atoms with Gasteiger partial charge >= 0.3 is 0 Å². The van der Waals surface area contributed by atoms with Gasteiger partial charge < -0.3 is 19.7 Å². The van der Waals surface area contributed by atoms with Gasteiger partial charge in [0.05, 0.1) is 18.3 Å². The van der Waals surface area contributed by atoms with Crippen molar-refractivity contribution in [2.75, 3.05) is 33.4 Å². The molecule has 0 bridgehead atoms. The summed E-state index contributed by atoms with van der Waals surface area (Å²) in [6.07, 6.45) is 9.77. The lowest BCUT2D eigenvalue weighted by molar-refractivity contribution is -0.148. The molecule has 1 amide bonds. The highest BCUT2D eigenvalue weighted by atomic mass is 16.5. The average molecular weight is 416 g/mol. The molecule has 0 spiro atoms. The molecule has 1 aromatic heterocycles. The molecule has 2 aliphatic carbocycles. The van der Waals surface area contributed by atoms with E-state index in [2.05, 4.69) is 23.2 Å². The number of amides is 1. The van der Waals surface area contributed by atoms with Crippen LogP contribution in [0.15, 0.2) is 6.07 Å². The van der Waals surface area contributed by atoms with Crippen LogP contribution < -0.4 is 5.32 Å². The van der Waals surface area contributed by atoms with Gasteiger partial charge in [0.1, 0.15) is 6.10 Å². The standard InChI is InChI=1S/C24H37N3O3/c1-17(27(19-10-11-19)24(28)23-16-25-12-14-30-23)22-15-18(7-5-6-13-29-2)20-8-3-4-9-21(20)26-22/h15,17,19,23,25H,3-14,16H2,1-2H3/t17-,23+/m0/s1. The number of fused-ring (bicyclic) bond motifs is 1. The molecule has 4 rings (SSSR count). The Labute approximate surface area is 180 Å². The van der Waals surface area contributed by atoms with Crippen LogP contribution in [0.3, 0.4) is 0 Å². The van der Waals surface area contributed by atoms with Crippen LogP contribution >= 0.6 is 0 Å². The molecule has 3 aliphatic rings. The average Bonchev–Trinajstić information content (AvgIpc) is 3.62. The predicted octanol–water partition coefficient (Wildman–Crippen LogP) is 2.97. The van der Waals surface area contributed by atoms with Crippen LogP contribution in [0.2, 0.25) is 0 Å². The van der Waals surface area contributed by atoms with E-state index < -0.39 is 0 Å². The zero-order valence-corrected chi connectivity index (χ0v) is 18.6. The Morgan fingerprint density at radius 1 is 1.33 bits per heavy atom. The quantitative estimate of drug-likeness (QED) is 0.628. The second-order valence-electron chi connectivity index (χ2n) is 9.00. The third kappa shape index (κ3) is 5.04. The molecule has 1 saturated carbocycles. The van der Waals surface area contributed by atoms with Crippen LogP contribution in [-0.4, -0.2) is 61.3 Å². The van der Waals surface area contributed by atoms with Crippen molar-refractivity contribution in [1.29, 1.82) is 0 Å². The normalized spacial score (nSPS) is 22.4. The van der Waals surface area contributed by atoms with Gasteiger partial charge in [-0.25, -0.2) is 0 Å². The Morgan fingerprint density at radius 2 is 2.17 bits per heavy atom. The number of aryl methyl sites for hydroxylation is 2. The van der Waals surface area contributed by atoms with Crippen molar-refractivity contribution in [3.8, 4) is 0 Å². The highest BCUT2D eigenvalue weighted by Gasteiger charge is 2.40. The summed E-state index contributed by atoms with van der Waals surface area (Å²) in [6.45, 7) is 5.00. The number of rotatable bonds is 9. The molecule has 2 fully saturated rings. The van der Waals surface area contributed by atoms with Crippen LogP contribution in [0.25, 0.3) is 0 Å². The SMILES string of the molecule is COCCCCc1cc([C@H](C)N(C(=O)[C@H]2CNCCO2)C2CC2)nc2c1CCCC2. The minimum absolute atomic E-state index is 0.0134. The molecular weight excluding hydrogens is 378 g/mol. The highest BCUT2D eigenvalue weighted by molar-refractivity contribution is 5.82. The first-order valence-electron chi connectivity index (χ1n) is 11.8. The van der Waals surface area contributed by atoms with Crippen molar-refractivity contribution in [3.63, 3.8) is 0 Å². The smallest absolute Gasteiger partial charge is 0.253 e. The minimum Gasteiger partial charge on any atom is -0.385 e. The molecule has 0 aromatic carbocycles. The molecule has 1 saturated heterocycles. The second kappa shape index (κ2) is 10.2. The minimum atomic E-state index is -0.368. The first-order chi connectivity index (χ1) is 14.7. The largest absolute Gasteiger partial charge is 0.385 e. The summed E-state index contributed by atoms with van der Waals surface area (Å²) < 4.78 is 11.0. The van der Waals surface area contributed by atoms with E-state index in [0.29, 0.717) is 19.2 Å². The molecule has 166 valence electrons. The number of methoxy groups -OCH3 is 1. The third-order valence-corrected chi connectivity index (χ3v) is 6.70. The van der Waals surface area contributed by atoms with E-state index >= 15 is 0 Å². The number of hydrogen-bond donors (Lipinski definition) is 1. The molecule has 6 nitrogen and oxygen atoms in total. The fourth-order valence-electron chi connectivity index (χ4n) is 4.88. The number of nitrogens with zero attached hydrogens (tertiary/aromatic N) is 2. The van der Waals surface area contributed by atoms with E-state index in [4.69, 9.17) is 14.5 Å². The van der Waals surface area contributed by atoms with E-state index in [-0.39, 0.29) is 18.1 Å². The van der Waals surface area contributed by atoms with Gasteiger partial charge in [-0.3, -0.25) is 9.78 Å². The first kappa shape index (κ1) is 21.7. The maximum Gasteiger partial charge on any atom is 0.253 e. The van der Waals surface area contributed by atoms with Crippen molar-refractivity contribution in [3.05, 3.63) is 28.6 Å². The van der Waals surface area contributed by atoms with Crippen molar-refractivity contribution >= 4 is 5.91 Å². The Hall–Kier alpha value is -1.50. The van der Waals surface area contributed by atoms with Crippen molar-refractivity contribution in [2.45, 2.75) is 82.9 Å². The number of unbranched alkanes of at least 4 members (excludes halogenated alkanes) is 1. The van der Waals surface area contributed by atoms with Crippen LogP contribution in [0.4, 0.5) is 0 Å².